The number of aryl methyl sites for hydroxylation is 1. The Labute approximate surface area is 166 Å². The molecular formula is C19H26F4N2O4. The zero-order chi connectivity index (χ0) is 22.2. The second-order valence-electron chi connectivity index (χ2n) is 6.84. The van der Waals surface area contributed by atoms with Crippen molar-refractivity contribution in [3.63, 3.8) is 0 Å². The summed E-state index contributed by atoms with van der Waals surface area (Å²) in [6, 6.07) is 5.27. The largest absolute Gasteiger partial charge is 0.490 e. The Morgan fingerprint density at radius 3 is 2.21 bits per heavy atom. The summed E-state index contributed by atoms with van der Waals surface area (Å²) in [7, 11) is 0. The maximum Gasteiger partial charge on any atom is 0.490 e. The van der Waals surface area contributed by atoms with Crippen LogP contribution < -0.4 is 0 Å². The Morgan fingerprint density at radius 1 is 1.21 bits per heavy atom. The van der Waals surface area contributed by atoms with Crippen LogP contribution >= 0.6 is 0 Å². The second kappa shape index (κ2) is 11.1. The number of likely N-dealkylation sites (tertiary alicyclic amines) is 1. The fraction of sp³-hybridized carbons (Fsp3) is 0.579. The Bertz CT molecular complexity index is 689. The Morgan fingerprint density at radius 2 is 1.76 bits per heavy atom. The number of carboxylic acids is 2. The van der Waals surface area contributed by atoms with E-state index >= 15 is 0 Å². The van der Waals surface area contributed by atoms with E-state index in [1.54, 1.807) is 6.07 Å². The first-order valence-corrected chi connectivity index (χ1v) is 9.17. The molecule has 0 saturated carbocycles. The molecule has 29 heavy (non-hydrogen) atoms. The zero-order valence-electron chi connectivity index (χ0n) is 16.4. The lowest BCUT2D eigenvalue weighted by molar-refractivity contribution is -0.192. The van der Waals surface area contributed by atoms with Crippen LogP contribution in [0.5, 0.6) is 0 Å². The molecular weight excluding hydrogens is 396 g/mol. The minimum atomic E-state index is -5.08. The Kier molecular flexibility index (Phi) is 9.51. The predicted octanol–water partition coefficient (Wildman–Crippen LogP) is 3.14. The van der Waals surface area contributed by atoms with E-state index in [-0.39, 0.29) is 12.4 Å². The van der Waals surface area contributed by atoms with E-state index in [0.717, 1.165) is 50.1 Å². The summed E-state index contributed by atoms with van der Waals surface area (Å²) in [5.41, 5.74) is 2.15. The molecule has 0 bridgehead atoms. The summed E-state index contributed by atoms with van der Waals surface area (Å²) in [6.07, 6.45) is -3.15. The third-order valence-electron chi connectivity index (χ3n) is 4.77. The van der Waals surface area contributed by atoms with E-state index in [4.69, 9.17) is 15.0 Å². The number of carbonyl (C=O) groups is 2. The molecule has 10 heteroatoms. The first-order chi connectivity index (χ1) is 13.4. The smallest absolute Gasteiger partial charge is 0.480 e. The lowest BCUT2D eigenvalue weighted by Gasteiger charge is -2.37. The number of halogens is 4. The molecule has 0 amide bonds. The lowest BCUT2D eigenvalue weighted by Crippen LogP contribution is -2.46. The number of rotatable bonds is 6. The van der Waals surface area contributed by atoms with Gasteiger partial charge in [-0.3, -0.25) is 14.6 Å². The van der Waals surface area contributed by atoms with Crippen LogP contribution in [0.15, 0.2) is 18.2 Å². The predicted molar refractivity (Wildman–Crippen MR) is 98.0 cm³/mol. The van der Waals surface area contributed by atoms with Gasteiger partial charge in [-0.25, -0.2) is 9.18 Å². The summed E-state index contributed by atoms with van der Waals surface area (Å²) >= 11 is 0. The van der Waals surface area contributed by atoms with Crippen molar-refractivity contribution in [2.45, 2.75) is 45.5 Å². The topological polar surface area (TPSA) is 81.1 Å². The first-order valence-electron chi connectivity index (χ1n) is 9.17. The molecule has 6 nitrogen and oxygen atoms in total. The molecule has 164 valence electrons. The molecule has 1 aliphatic rings. The van der Waals surface area contributed by atoms with Gasteiger partial charge in [0.1, 0.15) is 5.82 Å². The summed E-state index contributed by atoms with van der Waals surface area (Å²) < 4.78 is 45.1. The van der Waals surface area contributed by atoms with Crippen molar-refractivity contribution in [2.24, 2.45) is 0 Å². The van der Waals surface area contributed by atoms with Gasteiger partial charge in [0, 0.05) is 12.6 Å². The second-order valence-corrected chi connectivity index (χ2v) is 6.84. The molecule has 0 unspecified atom stereocenters. The number of hydrogen-bond acceptors (Lipinski definition) is 4. The van der Waals surface area contributed by atoms with Gasteiger partial charge in [0.2, 0.25) is 0 Å². The third kappa shape index (κ3) is 8.78. The Hall–Kier alpha value is -2.20. The van der Waals surface area contributed by atoms with E-state index in [9.17, 15) is 22.4 Å². The first kappa shape index (κ1) is 24.8. The molecule has 0 atom stereocenters. The fourth-order valence-corrected chi connectivity index (χ4v) is 3.17. The summed E-state index contributed by atoms with van der Waals surface area (Å²) in [4.78, 5) is 24.2. The standard InChI is InChI=1S/C17H25FN2O2.C2HF3O2/c1-3-20(12-17(21)22)16-6-8-19(9-7-16)11-14-10-15(18)5-4-13(14)2;3-2(4,5)1(6)7/h4-5,10,16H,3,6-9,11-12H2,1-2H3,(H,21,22);(H,6,7). The molecule has 0 aliphatic carbocycles. The number of likely N-dealkylation sites (N-methyl/N-ethyl adjacent to an activating group) is 1. The molecule has 0 spiro atoms. The number of alkyl halides is 3. The number of piperidine rings is 1. The highest BCUT2D eigenvalue weighted by molar-refractivity contribution is 5.73. The number of nitrogens with zero attached hydrogens (tertiary/aromatic N) is 2. The van der Waals surface area contributed by atoms with Crippen LogP contribution in [0.3, 0.4) is 0 Å². The monoisotopic (exact) mass is 422 g/mol. The van der Waals surface area contributed by atoms with Gasteiger partial charge in [-0.2, -0.15) is 13.2 Å². The van der Waals surface area contributed by atoms with E-state index in [0.29, 0.717) is 6.04 Å². The van der Waals surface area contributed by atoms with Gasteiger partial charge in [-0.05, 0) is 62.7 Å². The summed E-state index contributed by atoms with van der Waals surface area (Å²) in [5, 5.41) is 16.1. The van der Waals surface area contributed by atoms with Crippen LogP contribution in [-0.4, -0.2) is 70.3 Å². The van der Waals surface area contributed by atoms with Crippen LogP contribution in [-0.2, 0) is 16.1 Å². The van der Waals surface area contributed by atoms with E-state index in [1.807, 2.05) is 24.8 Å². The molecule has 0 radical (unpaired) electrons. The zero-order valence-corrected chi connectivity index (χ0v) is 16.4. The number of hydrogen-bond donors (Lipinski definition) is 2. The normalized spacial score (nSPS) is 15.7. The maximum atomic E-state index is 13.4. The van der Waals surface area contributed by atoms with Gasteiger partial charge >= 0.3 is 18.1 Å². The molecule has 1 heterocycles. The minimum absolute atomic E-state index is 0.115. The summed E-state index contributed by atoms with van der Waals surface area (Å²) in [6.45, 7) is 7.51. The van der Waals surface area contributed by atoms with Crippen molar-refractivity contribution >= 4 is 11.9 Å². The van der Waals surface area contributed by atoms with Crippen molar-refractivity contribution < 1.29 is 37.4 Å². The van der Waals surface area contributed by atoms with Crippen LogP contribution in [0.25, 0.3) is 0 Å². The van der Waals surface area contributed by atoms with E-state index in [1.165, 1.54) is 6.07 Å². The number of benzene rings is 1. The average Bonchev–Trinajstić information content (AvgIpc) is 2.63. The van der Waals surface area contributed by atoms with Gasteiger partial charge in [-0.1, -0.05) is 13.0 Å². The van der Waals surface area contributed by atoms with Gasteiger partial charge in [0.05, 0.1) is 6.54 Å². The third-order valence-corrected chi connectivity index (χ3v) is 4.77. The van der Waals surface area contributed by atoms with Crippen LogP contribution in [0.4, 0.5) is 17.6 Å². The quantitative estimate of drug-likeness (QED) is 0.686. The molecule has 1 saturated heterocycles. The van der Waals surface area contributed by atoms with E-state index < -0.39 is 18.1 Å². The van der Waals surface area contributed by atoms with Crippen molar-refractivity contribution in [2.75, 3.05) is 26.2 Å². The lowest BCUT2D eigenvalue weighted by atomic mass is 10.0. The van der Waals surface area contributed by atoms with Crippen molar-refractivity contribution in [3.05, 3.63) is 35.1 Å². The van der Waals surface area contributed by atoms with Crippen LogP contribution in [0, 0.1) is 12.7 Å². The van der Waals surface area contributed by atoms with Gasteiger partial charge < -0.3 is 10.2 Å². The highest BCUT2D eigenvalue weighted by Crippen LogP contribution is 2.20. The van der Waals surface area contributed by atoms with Crippen LogP contribution in [0.2, 0.25) is 0 Å². The van der Waals surface area contributed by atoms with Crippen molar-refractivity contribution in [3.8, 4) is 0 Å². The van der Waals surface area contributed by atoms with Crippen LogP contribution in [0.1, 0.15) is 30.9 Å². The molecule has 2 N–H and O–H groups in total. The fourth-order valence-electron chi connectivity index (χ4n) is 3.17. The molecule has 1 fully saturated rings. The van der Waals surface area contributed by atoms with Crippen molar-refractivity contribution in [1.29, 1.82) is 0 Å². The number of carboxylic acid groups (broad SMARTS) is 2. The van der Waals surface area contributed by atoms with E-state index in [2.05, 4.69) is 4.90 Å². The SMILES string of the molecule is CCN(CC(=O)O)C1CCN(Cc2cc(F)ccc2C)CC1.O=C(O)C(F)(F)F. The molecule has 1 aliphatic heterocycles. The molecule has 1 aromatic carbocycles. The molecule has 2 rings (SSSR count). The average molecular weight is 422 g/mol. The summed E-state index contributed by atoms with van der Waals surface area (Å²) in [5.74, 6) is -3.71. The highest BCUT2D eigenvalue weighted by Gasteiger charge is 2.38. The van der Waals surface area contributed by atoms with Gasteiger partial charge in [-0.15, -0.1) is 0 Å². The minimum Gasteiger partial charge on any atom is -0.480 e. The maximum absolute atomic E-state index is 13.4. The van der Waals surface area contributed by atoms with Crippen molar-refractivity contribution in [1.82, 2.24) is 9.80 Å². The Balaban J connectivity index is 0.000000516. The molecule has 0 aromatic heterocycles. The molecule has 1 aromatic rings. The number of aliphatic carboxylic acids is 2. The highest BCUT2D eigenvalue weighted by atomic mass is 19.4. The van der Waals surface area contributed by atoms with Gasteiger partial charge in [0.25, 0.3) is 0 Å². The van der Waals surface area contributed by atoms with Gasteiger partial charge in [0.15, 0.2) is 0 Å².